The highest BCUT2D eigenvalue weighted by molar-refractivity contribution is 6.05. The second-order valence-corrected chi connectivity index (χ2v) is 6.78. The fourth-order valence-electron chi connectivity index (χ4n) is 4.08. The van der Waals surface area contributed by atoms with Gasteiger partial charge in [0.1, 0.15) is 0 Å². The van der Waals surface area contributed by atoms with Gasteiger partial charge in [0.2, 0.25) is 0 Å². The summed E-state index contributed by atoms with van der Waals surface area (Å²) >= 11 is 0. The van der Waals surface area contributed by atoms with Crippen LogP contribution in [-0.2, 0) is 0 Å². The molecule has 2 saturated heterocycles. The molecule has 1 N–H and O–H groups in total. The van der Waals surface area contributed by atoms with Crippen LogP contribution in [0, 0.1) is 6.07 Å². The number of likely N-dealkylation sites (tertiary alicyclic amines) is 2. The fourth-order valence-corrected chi connectivity index (χ4v) is 4.08. The Morgan fingerprint density at radius 3 is 2.65 bits per heavy atom. The van der Waals surface area contributed by atoms with Crippen LogP contribution in [0.4, 0.5) is 0 Å². The molecular formula is C19H24N3O. The van der Waals surface area contributed by atoms with Crippen molar-refractivity contribution in [2.24, 2.45) is 0 Å². The summed E-state index contributed by atoms with van der Waals surface area (Å²) in [5, 5.41) is 0.985. The van der Waals surface area contributed by atoms with Crippen LogP contribution in [-0.4, -0.2) is 52.9 Å². The Kier molecular flexibility index (Phi) is 4.08. The molecule has 121 valence electrons. The first kappa shape index (κ1) is 14.8. The van der Waals surface area contributed by atoms with Gasteiger partial charge in [-0.3, -0.25) is 4.79 Å². The van der Waals surface area contributed by atoms with Crippen molar-refractivity contribution in [2.75, 3.05) is 26.2 Å². The summed E-state index contributed by atoms with van der Waals surface area (Å²) in [6.45, 7) is 4.24. The Morgan fingerprint density at radius 2 is 1.87 bits per heavy atom. The molecule has 1 radical (unpaired) electrons. The van der Waals surface area contributed by atoms with Crippen LogP contribution < -0.4 is 0 Å². The third kappa shape index (κ3) is 2.88. The zero-order chi connectivity index (χ0) is 15.6. The minimum Gasteiger partial charge on any atom is -0.360 e. The Morgan fingerprint density at radius 1 is 1.09 bits per heavy atom. The zero-order valence-corrected chi connectivity index (χ0v) is 13.6. The number of hydrogen-bond acceptors (Lipinski definition) is 2. The summed E-state index contributed by atoms with van der Waals surface area (Å²) < 4.78 is 0. The van der Waals surface area contributed by atoms with E-state index in [9.17, 15) is 4.79 Å². The number of carbonyl (C=O) groups excluding carboxylic acids is 1. The second-order valence-electron chi connectivity index (χ2n) is 6.78. The number of benzene rings is 1. The number of rotatable bonds is 2. The SMILES string of the molecule is O=C(c1cccc2[c]c[nH]c12)N1CCC(N2CCCCC2)CC1. The largest absolute Gasteiger partial charge is 0.360 e. The van der Waals surface area contributed by atoms with E-state index in [4.69, 9.17) is 0 Å². The van der Waals surface area contributed by atoms with E-state index in [0.717, 1.165) is 42.4 Å². The lowest BCUT2D eigenvalue weighted by molar-refractivity contribution is 0.0591. The number of para-hydroxylation sites is 1. The van der Waals surface area contributed by atoms with Crippen molar-refractivity contribution in [3.8, 4) is 0 Å². The zero-order valence-electron chi connectivity index (χ0n) is 13.6. The average molecular weight is 310 g/mol. The predicted octanol–water partition coefficient (Wildman–Crippen LogP) is 3.06. The lowest BCUT2D eigenvalue weighted by Crippen LogP contribution is -2.48. The lowest BCUT2D eigenvalue weighted by Gasteiger charge is -2.40. The highest BCUT2D eigenvalue weighted by Gasteiger charge is 2.28. The molecule has 4 nitrogen and oxygen atoms in total. The quantitative estimate of drug-likeness (QED) is 0.926. The first-order valence-corrected chi connectivity index (χ1v) is 8.84. The minimum atomic E-state index is 0.156. The molecule has 2 aromatic rings. The van der Waals surface area contributed by atoms with Crippen molar-refractivity contribution < 1.29 is 4.79 Å². The molecular weight excluding hydrogens is 286 g/mol. The maximum Gasteiger partial charge on any atom is 0.255 e. The molecule has 0 spiro atoms. The molecule has 0 saturated carbocycles. The second kappa shape index (κ2) is 6.36. The van der Waals surface area contributed by atoms with E-state index >= 15 is 0 Å². The molecule has 2 aliphatic heterocycles. The highest BCUT2D eigenvalue weighted by Crippen LogP contribution is 2.24. The molecule has 4 rings (SSSR count). The molecule has 1 aromatic heterocycles. The van der Waals surface area contributed by atoms with E-state index < -0.39 is 0 Å². The Bertz CT molecular complexity index is 679. The number of nitrogens with one attached hydrogen (secondary N) is 1. The van der Waals surface area contributed by atoms with Gasteiger partial charge in [-0.1, -0.05) is 18.6 Å². The molecule has 2 aliphatic rings. The number of aromatic amines is 1. The summed E-state index contributed by atoms with van der Waals surface area (Å²) in [5.41, 5.74) is 1.69. The van der Waals surface area contributed by atoms with Crippen LogP contribution in [0.3, 0.4) is 0 Å². The van der Waals surface area contributed by atoms with Gasteiger partial charge in [0.05, 0.1) is 11.1 Å². The van der Waals surface area contributed by atoms with E-state index in [2.05, 4.69) is 16.0 Å². The van der Waals surface area contributed by atoms with Gasteiger partial charge in [-0.25, -0.2) is 0 Å². The Hall–Kier alpha value is -1.81. The summed E-state index contributed by atoms with van der Waals surface area (Å²) in [6.07, 6.45) is 8.06. The number of fused-ring (bicyclic) bond motifs is 1. The van der Waals surface area contributed by atoms with Gasteiger partial charge < -0.3 is 14.8 Å². The molecule has 0 aliphatic carbocycles. The standard InChI is InChI=1S/C19H24N3O/c23-19(17-6-4-5-15-7-10-20-18(15)17)22-13-8-16(9-14-22)21-11-2-1-3-12-21/h4-6,10,16,20H,1-3,8-9,11-14H2. The average Bonchev–Trinajstić information content (AvgIpc) is 3.11. The molecule has 0 atom stereocenters. The molecule has 0 bridgehead atoms. The van der Waals surface area contributed by atoms with Gasteiger partial charge in [0.25, 0.3) is 5.91 Å². The fraction of sp³-hybridized carbons (Fsp3) is 0.526. The Balaban J connectivity index is 1.43. The number of carbonyl (C=O) groups is 1. The number of piperidine rings is 2. The smallest absolute Gasteiger partial charge is 0.255 e. The predicted molar refractivity (Wildman–Crippen MR) is 91.5 cm³/mol. The summed E-state index contributed by atoms with van der Waals surface area (Å²) in [5.74, 6) is 0.156. The molecule has 2 fully saturated rings. The molecule has 3 heterocycles. The Labute approximate surface area is 137 Å². The van der Waals surface area contributed by atoms with Crippen LogP contribution in [0.15, 0.2) is 24.4 Å². The topological polar surface area (TPSA) is 39.3 Å². The van der Waals surface area contributed by atoms with Crippen molar-refractivity contribution in [1.82, 2.24) is 14.8 Å². The first-order valence-electron chi connectivity index (χ1n) is 8.84. The van der Waals surface area contributed by atoms with Gasteiger partial charge in [-0.2, -0.15) is 0 Å². The van der Waals surface area contributed by atoms with Crippen molar-refractivity contribution in [1.29, 1.82) is 0 Å². The third-order valence-electron chi connectivity index (χ3n) is 5.40. The van der Waals surface area contributed by atoms with Gasteiger partial charge in [-0.15, -0.1) is 0 Å². The molecule has 1 amide bonds. The summed E-state index contributed by atoms with van der Waals surface area (Å²) in [6, 6.07) is 9.67. The molecule has 23 heavy (non-hydrogen) atoms. The van der Waals surface area contributed by atoms with Crippen molar-refractivity contribution >= 4 is 16.8 Å². The summed E-state index contributed by atoms with van der Waals surface area (Å²) in [4.78, 5) is 20.7. The third-order valence-corrected chi connectivity index (χ3v) is 5.40. The number of hydrogen-bond donors (Lipinski definition) is 1. The first-order chi connectivity index (χ1) is 11.3. The van der Waals surface area contributed by atoms with Gasteiger partial charge in [0.15, 0.2) is 0 Å². The van der Waals surface area contributed by atoms with Crippen molar-refractivity contribution in [3.05, 3.63) is 36.0 Å². The van der Waals surface area contributed by atoms with Crippen molar-refractivity contribution in [2.45, 2.75) is 38.1 Å². The maximum absolute atomic E-state index is 12.9. The normalized spacial score (nSPS) is 21.0. The van der Waals surface area contributed by atoms with E-state index in [1.54, 1.807) is 6.20 Å². The minimum absolute atomic E-state index is 0.156. The lowest BCUT2D eigenvalue weighted by atomic mass is 9.99. The summed E-state index contributed by atoms with van der Waals surface area (Å²) in [7, 11) is 0. The number of aromatic nitrogens is 1. The van der Waals surface area contributed by atoms with Crippen LogP contribution in [0.5, 0.6) is 0 Å². The van der Waals surface area contributed by atoms with E-state index in [1.165, 1.54) is 32.4 Å². The number of amides is 1. The van der Waals surface area contributed by atoms with Crippen LogP contribution >= 0.6 is 0 Å². The maximum atomic E-state index is 12.9. The molecule has 1 aromatic carbocycles. The highest BCUT2D eigenvalue weighted by atomic mass is 16.2. The van der Waals surface area contributed by atoms with Crippen LogP contribution in [0.2, 0.25) is 0 Å². The van der Waals surface area contributed by atoms with Crippen LogP contribution in [0.25, 0.3) is 10.9 Å². The van der Waals surface area contributed by atoms with E-state index in [-0.39, 0.29) is 5.91 Å². The van der Waals surface area contributed by atoms with Gasteiger partial charge in [0, 0.05) is 36.8 Å². The monoisotopic (exact) mass is 310 g/mol. The molecule has 0 unspecified atom stereocenters. The number of nitrogens with zero attached hydrogens (tertiary/aromatic N) is 2. The van der Waals surface area contributed by atoms with Gasteiger partial charge in [-0.05, 0) is 44.8 Å². The molecule has 4 heteroatoms. The number of H-pyrrole nitrogens is 1. The van der Waals surface area contributed by atoms with E-state index in [1.807, 2.05) is 23.1 Å². The van der Waals surface area contributed by atoms with Gasteiger partial charge >= 0.3 is 0 Å². The van der Waals surface area contributed by atoms with Crippen LogP contribution in [0.1, 0.15) is 42.5 Å². The van der Waals surface area contributed by atoms with E-state index in [0.29, 0.717) is 6.04 Å². The van der Waals surface area contributed by atoms with Crippen molar-refractivity contribution in [3.63, 3.8) is 0 Å².